The van der Waals surface area contributed by atoms with Crippen molar-refractivity contribution >= 4 is 53.2 Å². The molecule has 1 N–H and O–H groups in total. The molecule has 3 atom stereocenters. The summed E-state index contributed by atoms with van der Waals surface area (Å²) in [6, 6.07) is -0.148. The summed E-state index contributed by atoms with van der Waals surface area (Å²) >= 11 is 4.24. The fraction of sp³-hybridized carbons (Fsp3) is 0.875. The molecular formula is C8H14I2N2O3S. The van der Waals surface area contributed by atoms with Crippen LogP contribution in [0.1, 0.15) is 13.3 Å². The summed E-state index contributed by atoms with van der Waals surface area (Å²) in [6.45, 7) is 2.57. The van der Waals surface area contributed by atoms with E-state index in [9.17, 15) is 13.2 Å². The van der Waals surface area contributed by atoms with Crippen molar-refractivity contribution in [1.29, 1.82) is 0 Å². The number of hydrogen-bond donors (Lipinski definition) is 1. The van der Waals surface area contributed by atoms with Crippen LogP contribution in [0.25, 0.3) is 0 Å². The molecule has 94 valence electrons. The van der Waals surface area contributed by atoms with Gasteiger partial charge in [-0.3, -0.25) is 4.79 Å². The first-order valence-corrected chi connectivity index (χ1v) is 13.0. The molecule has 2 heterocycles. The van der Waals surface area contributed by atoms with Crippen LogP contribution in [0.15, 0.2) is 0 Å². The van der Waals surface area contributed by atoms with E-state index in [1.807, 2.05) is 0 Å². The van der Waals surface area contributed by atoms with Gasteiger partial charge in [-0.25, -0.2) is 12.7 Å². The van der Waals surface area contributed by atoms with Gasteiger partial charge in [0.25, 0.3) is 0 Å². The van der Waals surface area contributed by atoms with Gasteiger partial charge in [-0.15, -0.1) is 0 Å². The van der Waals surface area contributed by atoms with Gasteiger partial charge in [0.15, 0.2) is 0 Å². The van der Waals surface area contributed by atoms with E-state index in [1.165, 1.54) is 0 Å². The van der Waals surface area contributed by atoms with Crippen LogP contribution in [0.2, 0.25) is 0 Å². The van der Waals surface area contributed by atoms with Crippen molar-refractivity contribution in [3.05, 3.63) is 0 Å². The highest BCUT2D eigenvalue weighted by molar-refractivity contribution is 15.0. The van der Waals surface area contributed by atoms with Crippen molar-refractivity contribution in [2.75, 3.05) is 12.8 Å². The second kappa shape index (κ2) is 5.65. The van der Waals surface area contributed by atoms with Gasteiger partial charge in [-0.2, -0.15) is 0 Å². The van der Waals surface area contributed by atoms with Crippen molar-refractivity contribution in [2.24, 2.45) is 5.92 Å². The lowest BCUT2D eigenvalue weighted by Gasteiger charge is -2.20. The molecule has 0 bridgehead atoms. The molecule has 0 radical (unpaired) electrons. The molecule has 0 aliphatic carbocycles. The summed E-state index contributed by atoms with van der Waals surface area (Å²) in [7, 11) is -3.40. The molecule has 0 aromatic rings. The van der Waals surface area contributed by atoms with Crippen molar-refractivity contribution in [2.45, 2.75) is 25.4 Å². The number of sulfonamides is 1. The minimum atomic E-state index is -3.40. The zero-order valence-corrected chi connectivity index (χ0v) is 14.1. The molecule has 0 aromatic carbocycles. The van der Waals surface area contributed by atoms with E-state index in [-0.39, 0.29) is 23.9 Å². The number of hydrogen-bond acceptors (Lipinski definition) is 4. The molecular weight excluding hydrogens is 458 g/mol. The minimum Gasteiger partial charge on any atom is -0.311 e. The fourth-order valence-electron chi connectivity index (χ4n) is 2.41. The Bertz CT molecular complexity index is 373. The van der Waals surface area contributed by atoms with Gasteiger partial charge in [0.2, 0.25) is 15.9 Å². The largest absolute Gasteiger partial charge is 0.311 e. The normalized spacial score (nSPS) is 33.4. The van der Waals surface area contributed by atoms with Gasteiger partial charge in [0, 0.05) is 43.3 Å². The topological polar surface area (TPSA) is 66.5 Å². The van der Waals surface area contributed by atoms with Gasteiger partial charge < -0.3 is 5.32 Å². The first-order chi connectivity index (χ1) is 7.43. The van der Waals surface area contributed by atoms with E-state index < -0.39 is 10.0 Å². The standard InChI is InChI=1S/C8H14N2O3S.I2/c1-5-7-6(3-4-9-7)10(8(5)11)14(2,12)13;1-2/h5-7,9H,3-4H2,1-2H3;/t5-,6?,7?;/m1./s1. The number of amides is 1. The molecule has 2 aliphatic rings. The fourth-order valence-corrected chi connectivity index (χ4v) is 3.64. The van der Waals surface area contributed by atoms with Gasteiger partial charge in [-0.1, -0.05) is 6.92 Å². The van der Waals surface area contributed by atoms with Crippen LogP contribution in [-0.2, 0) is 14.8 Å². The number of nitrogens with zero attached hydrogens (tertiary/aromatic N) is 1. The maximum absolute atomic E-state index is 11.7. The van der Waals surface area contributed by atoms with Crippen LogP contribution < -0.4 is 5.32 Å². The SMILES string of the molecule is C[C@H]1C(=O)N(S(C)(=O)=O)C2CCNC21.II. The van der Waals surface area contributed by atoms with Crippen LogP contribution in [0, 0.1) is 5.92 Å². The third kappa shape index (κ3) is 2.64. The Kier molecular flexibility index (Phi) is 5.26. The van der Waals surface area contributed by atoms with E-state index in [4.69, 9.17) is 0 Å². The Labute approximate surface area is 119 Å². The molecule has 0 saturated carbocycles. The summed E-state index contributed by atoms with van der Waals surface area (Å²) in [6.07, 6.45) is 1.83. The van der Waals surface area contributed by atoms with E-state index in [1.54, 1.807) is 6.92 Å². The summed E-state index contributed by atoms with van der Waals surface area (Å²) in [5, 5.41) is 3.17. The van der Waals surface area contributed by atoms with Crippen molar-refractivity contribution in [1.82, 2.24) is 9.62 Å². The lowest BCUT2D eigenvalue weighted by atomic mass is 10.0. The number of halogens is 2. The van der Waals surface area contributed by atoms with Crippen molar-refractivity contribution in [3.8, 4) is 0 Å². The summed E-state index contributed by atoms with van der Waals surface area (Å²) in [5.41, 5.74) is 0. The molecule has 2 fully saturated rings. The zero-order valence-electron chi connectivity index (χ0n) is 8.98. The van der Waals surface area contributed by atoms with Crippen molar-refractivity contribution < 1.29 is 13.2 Å². The Hall–Kier alpha value is 0.840. The molecule has 16 heavy (non-hydrogen) atoms. The van der Waals surface area contributed by atoms with E-state index >= 15 is 0 Å². The Morgan fingerprint density at radius 3 is 2.50 bits per heavy atom. The Morgan fingerprint density at radius 2 is 2.00 bits per heavy atom. The molecule has 2 saturated heterocycles. The van der Waals surface area contributed by atoms with E-state index in [0.717, 1.165) is 23.5 Å². The highest BCUT2D eigenvalue weighted by Crippen LogP contribution is 2.32. The average molecular weight is 472 g/mol. The van der Waals surface area contributed by atoms with Gasteiger partial charge >= 0.3 is 0 Å². The second-order valence-electron chi connectivity index (χ2n) is 4.02. The smallest absolute Gasteiger partial charge is 0.240 e. The lowest BCUT2D eigenvalue weighted by molar-refractivity contribution is -0.127. The summed E-state index contributed by atoms with van der Waals surface area (Å²) in [4.78, 5) is 11.7. The third-order valence-corrected chi connectivity index (χ3v) is 4.20. The molecule has 2 rings (SSSR count). The van der Waals surface area contributed by atoms with Crippen LogP contribution in [0.5, 0.6) is 0 Å². The number of carbonyl (C=O) groups is 1. The molecule has 5 nitrogen and oxygen atoms in total. The number of fused-ring (bicyclic) bond motifs is 1. The lowest BCUT2D eigenvalue weighted by Crippen LogP contribution is -2.39. The molecule has 2 unspecified atom stereocenters. The van der Waals surface area contributed by atoms with Crippen LogP contribution in [0.3, 0.4) is 0 Å². The van der Waals surface area contributed by atoms with E-state index in [2.05, 4.69) is 42.5 Å². The molecule has 1 amide bonds. The van der Waals surface area contributed by atoms with Crippen LogP contribution in [0.4, 0.5) is 0 Å². The maximum atomic E-state index is 11.7. The minimum absolute atomic E-state index is 0.0113. The molecule has 0 aromatic heterocycles. The number of nitrogens with one attached hydrogen (secondary N) is 1. The highest BCUT2D eigenvalue weighted by atomic mass is 128. The number of rotatable bonds is 1. The number of carbonyl (C=O) groups excluding carboxylic acids is 1. The van der Waals surface area contributed by atoms with Gasteiger partial charge in [0.05, 0.1) is 18.2 Å². The quantitative estimate of drug-likeness (QED) is 0.578. The summed E-state index contributed by atoms with van der Waals surface area (Å²) < 4.78 is 23.9. The first kappa shape index (κ1) is 14.9. The molecule has 2 aliphatic heterocycles. The second-order valence-corrected chi connectivity index (χ2v) is 5.88. The monoisotopic (exact) mass is 472 g/mol. The van der Waals surface area contributed by atoms with Crippen molar-refractivity contribution in [3.63, 3.8) is 0 Å². The maximum Gasteiger partial charge on any atom is 0.240 e. The van der Waals surface area contributed by atoms with E-state index in [0.29, 0.717) is 0 Å². The van der Waals surface area contributed by atoms with Crippen LogP contribution in [-0.4, -0.2) is 43.5 Å². The zero-order chi connectivity index (χ0) is 12.5. The van der Waals surface area contributed by atoms with Gasteiger partial charge in [-0.05, 0) is 13.0 Å². The predicted molar refractivity (Wildman–Crippen MR) is 79.1 cm³/mol. The third-order valence-electron chi connectivity index (χ3n) is 3.04. The summed E-state index contributed by atoms with van der Waals surface area (Å²) in [5.74, 6) is -0.494. The molecule has 8 heteroatoms. The molecule has 0 spiro atoms. The predicted octanol–water partition coefficient (Wildman–Crippen LogP) is 0.926. The Balaban J connectivity index is 0.000000606. The van der Waals surface area contributed by atoms with Gasteiger partial charge in [0.1, 0.15) is 0 Å². The average Bonchev–Trinajstić information content (AvgIpc) is 2.73. The Morgan fingerprint density at radius 1 is 1.44 bits per heavy atom. The first-order valence-electron chi connectivity index (χ1n) is 4.84. The van der Waals surface area contributed by atoms with Crippen LogP contribution >= 0.6 is 37.2 Å². The highest BCUT2D eigenvalue weighted by Gasteiger charge is 2.51.